The smallest absolute Gasteiger partial charge is 0.394 e. The third-order valence-corrected chi connectivity index (χ3v) is 4.97. The van der Waals surface area contributed by atoms with Crippen LogP contribution in [-0.4, -0.2) is 41.3 Å². The highest BCUT2D eigenvalue weighted by atomic mass is 35.5. The van der Waals surface area contributed by atoms with Crippen LogP contribution in [0.25, 0.3) is 0 Å². The first-order chi connectivity index (χ1) is 11.5. The second-order valence-electron chi connectivity index (χ2n) is 5.81. The van der Waals surface area contributed by atoms with Crippen molar-refractivity contribution >= 4 is 35.2 Å². The van der Waals surface area contributed by atoms with Crippen molar-refractivity contribution < 1.29 is 27.9 Å². The van der Waals surface area contributed by atoms with Crippen LogP contribution >= 0.6 is 23.2 Å². The minimum atomic E-state index is -4.69. The van der Waals surface area contributed by atoms with Gasteiger partial charge < -0.3 is 15.3 Å². The Morgan fingerprint density at radius 2 is 1.96 bits per heavy atom. The van der Waals surface area contributed by atoms with Crippen LogP contribution in [0, 0.1) is 11.8 Å². The lowest BCUT2D eigenvalue weighted by Gasteiger charge is -2.22. The highest BCUT2D eigenvalue weighted by Gasteiger charge is 2.53. The van der Waals surface area contributed by atoms with Crippen molar-refractivity contribution in [2.75, 3.05) is 13.1 Å². The summed E-state index contributed by atoms with van der Waals surface area (Å²) in [5, 5.41) is 12.0. The number of benzene rings is 1. The fourth-order valence-electron chi connectivity index (χ4n) is 2.76. The molecule has 3 atom stereocenters. The van der Waals surface area contributed by atoms with E-state index in [9.17, 15) is 22.8 Å². The van der Waals surface area contributed by atoms with E-state index in [1.807, 2.05) is 0 Å². The molecule has 25 heavy (non-hydrogen) atoms. The maximum Gasteiger partial charge on any atom is 0.394 e. The third-order valence-electron chi connectivity index (χ3n) is 4.13. The molecular formula is C15H15Cl2F3N2O3. The Kier molecular flexibility index (Phi) is 5.73. The lowest BCUT2D eigenvalue weighted by molar-refractivity contribution is -0.187. The van der Waals surface area contributed by atoms with Crippen molar-refractivity contribution in [2.24, 2.45) is 11.8 Å². The molecule has 0 radical (unpaired) electrons. The first-order valence-corrected chi connectivity index (χ1v) is 8.06. The quantitative estimate of drug-likeness (QED) is 0.809. The number of nitrogens with zero attached hydrogens (tertiary/aromatic N) is 1. The number of rotatable bonds is 3. The van der Waals surface area contributed by atoms with Gasteiger partial charge in [0, 0.05) is 13.1 Å². The van der Waals surface area contributed by atoms with Gasteiger partial charge in [0.05, 0.1) is 27.9 Å². The van der Waals surface area contributed by atoms with E-state index in [0.29, 0.717) is 5.56 Å². The first-order valence-electron chi connectivity index (χ1n) is 7.31. The van der Waals surface area contributed by atoms with Gasteiger partial charge in [-0.2, -0.15) is 13.2 Å². The second kappa shape index (κ2) is 7.29. The summed E-state index contributed by atoms with van der Waals surface area (Å²) in [5.41, 5.74) is 0.504. The molecule has 0 saturated carbocycles. The van der Waals surface area contributed by atoms with Crippen LogP contribution in [0.1, 0.15) is 18.5 Å². The zero-order valence-corrected chi connectivity index (χ0v) is 14.5. The summed E-state index contributed by atoms with van der Waals surface area (Å²) in [6.07, 6.45) is -4.69. The van der Waals surface area contributed by atoms with Gasteiger partial charge in [0.15, 0.2) is 0 Å². The van der Waals surface area contributed by atoms with Crippen molar-refractivity contribution in [3.8, 4) is 0 Å². The van der Waals surface area contributed by atoms with Crippen LogP contribution in [0.15, 0.2) is 18.2 Å². The number of amides is 2. The number of likely N-dealkylation sites (tertiary alicyclic amines) is 1. The molecule has 0 spiro atoms. The molecule has 0 aliphatic carbocycles. The molecule has 1 heterocycles. The molecular weight excluding hydrogens is 384 g/mol. The Morgan fingerprint density at radius 1 is 1.32 bits per heavy atom. The number of halogens is 5. The van der Waals surface area contributed by atoms with Crippen molar-refractivity contribution in [3.05, 3.63) is 33.8 Å². The monoisotopic (exact) mass is 398 g/mol. The average Bonchev–Trinajstić information content (AvgIpc) is 2.95. The van der Waals surface area contributed by atoms with Gasteiger partial charge in [-0.3, -0.25) is 4.79 Å². The Balaban J connectivity index is 2.11. The van der Waals surface area contributed by atoms with Gasteiger partial charge in [-0.05, 0) is 18.6 Å². The fourth-order valence-corrected chi connectivity index (χ4v) is 3.23. The largest absolute Gasteiger partial charge is 0.481 e. The molecule has 1 aromatic rings. The van der Waals surface area contributed by atoms with Crippen molar-refractivity contribution in [2.45, 2.75) is 19.1 Å². The van der Waals surface area contributed by atoms with Crippen molar-refractivity contribution in [1.82, 2.24) is 10.2 Å². The summed E-state index contributed by atoms with van der Waals surface area (Å²) in [6, 6.07) is 3.41. The van der Waals surface area contributed by atoms with Gasteiger partial charge in [-0.15, -0.1) is 0 Å². The van der Waals surface area contributed by atoms with E-state index in [4.69, 9.17) is 28.3 Å². The average molecular weight is 399 g/mol. The maximum atomic E-state index is 13.0. The molecule has 1 aliphatic heterocycles. The lowest BCUT2D eigenvalue weighted by atomic mass is 9.96. The van der Waals surface area contributed by atoms with Crippen LogP contribution in [0.2, 0.25) is 10.0 Å². The molecule has 0 bridgehead atoms. The molecule has 5 nitrogen and oxygen atoms in total. The van der Waals surface area contributed by atoms with Gasteiger partial charge in [-0.1, -0.05) is 35.3 Å². The minimum absolute atomic E-state index is 0.231. The third kappa shape index (κ3) is 4.30. The standard InChI is InChI=1S/C15H15Cl2F3N2O3/c1-7(8-3-2-4-11(16)12(8)17)21-14(25)22-5-9(13(23)24)10(6-22)15(18,19)20/h2-4,7,9-10H,5-6H2,1H3,(H,21,25)(H,23,24)/t7-,9+,10+/m0/s1. The molecule has 1 aromatic carbocycles. The number of carbonyl (C=O) groups excluding carboxylic acids is 1. The molecule has 10 heteroatoms. The molecule has 1 aliphatic rings. The maximum absolute atomic E-state index is 13.0. The summed E-state index contributed by atoms with van der Waals surface area (Å²) in [5.74, 6) is -5.36. The van der Waals surface area contributed by atoms with E-state index in [1.54, 1.807) is 25.1 Å². The molecule has 2 rings (SSSR count). The van der Waals surface area contributed by atoms with Crippen LogP contribution < -0.4 is 5.32 Å². The Bertz CT molecular complexity index is 684. The molecule has 0 aromatic heterocycles. The van der Waals surface area contributed by atoms with Crippen LogP contribution in [0.5, 0.6) is 0 Å². The van der Waals surface area contributed by atoms with Crippen LogP contribution in [0.3, 0.4) is 0 Å². The summed E-state index contributed by atoms with van der Waals surface area (Å²) in [4.78, 5) is 24.2. The minimum Gasteiger partial charge on any atom is -0.481 e. The van der Waals surface area contributed by atoms with Gasteiger partial charge in [0.25, 0.3) is 0 Å². The van der Waals surface area contributed by atoms with Crippen molar-refractivity contribution in [1.29, 1.82) is 0 Å². The second-order valence-corrected chi connectivity index (χ2v) is 6.60. The Labute approximate surface area is 151 Å². The van der Waals surface area contributed by atoms with Crippen LogP contribution in [-0.2, 0) is 4.79 Å². The van der Waals surface area contributed by atoms with Crippen LogP contribution in [0.4, 0.5) is 18.0 Å². The van der Waals surface area contributed by atoms with Gasteiger partial charge >= 0.3 is 18.2 Å². The lowest BCUT2D eigenvalue weighted by Crippen LogP contribution is -2.40. The zero-order chi connectivity index (χ0) is 18.9. The Morgan fingerprint density at radius 3 is 2.48 bits per heavy atom. The molecule has 1 saturated heterocycles. The number of carboxylic acids is 1. The number of hydrogen-bond donors (Lipinski definition) is 2. The molecule has 2 amide bonds. The fraction of sp³-hybridized carbons (Fsp3) is 0.467. The zero-order valence-electron chi connectivity index (χ0n) is 13.0. The molecule has 138 valence electrons. The first kappa shape index (κ1) is 19.7. The number of urea groups is 1. The van der Waals surface area contributed by atoms with Gasteiger partial charge in [0.1, 0.15) is 0 Å². The van der Waals surface area contributed by atoms with Gasteiger partial charge in [-0.25, -0.2) is 4.79 Å². The van der Waals surface area contributed by atoms with Gasteiger partial charge in [0.2, 0.25) is 0 Å². The van der Waals surface area contributed by atoms with E-state index < -0.39 is 49.1 Å². The summed E-state index contributed by atoms with van der Waals surface area (Å²) in [7, 11) is 0. The predicted octanol–water partition coefficient (Wildman–Crippen LogP) is 3.96. The summed E-state index contributed by atoms with van der Waals surface area (Å²) >= 11 is 12.0. The number of nitrogens with one attached hydrogen (secondary N) is 1. The number of hydrogen-bond acceptors (Lipinski definition) is 2. The number of aliphatic carboxylic acids is 1. The number of carboxylic acid groups (broad SMARTS) is 1. The topological polar surface area (TPSA) is 69.6 Å². The number of alkyl halides is 3. The molecule has 1 fully saturated rings. The van der Waals surface area contributed by atoms with E-state index >= 15 is 0 Å². The highest BCUT2D eigenvalue weighted by molar-refractivity contribution is 6.42. The van der Waals surface area contributed by atoms with Crippen molar-refractivity contribution in [3.63, 3.8) is 0 Å². The highest BCUT2D eigenvalue weighted by Crippen LogP contribution is 2.38. The summed E-state index contributed by atoms with van der Waals surface area (Å²) < 4.78 is 38.9. The van der Waals surface area contributed by atoms with E-state index in [1.165, 1.54) is 0 Å². The van der Waals surface area contributed by atoms with E-state index in [-0.39, 0.29) is 10.0 Å². The normalized spacial score (nSPS) is 21.9. The predicted molar refractivity (Wildman–Crippen MR) is 85.7 cm³/mol. The summed E-state index contributed by atoms with van der Waals surface area (Å²) in [6.45, 7) is 0.380. The van der Waals surface area contributed by atoms with E-state index in [2.05, 4.69) is 5.32 Å². The Hall–Kier alpha value is -1.67. The SMILES string of the molecule is C[C@H](NC(=O)N1C[C@@H](C(F)(F)F)[C@H](C(=O)O)C1)c1cccc(Cl)c1Cl. The molecule has 0 unspecified atom stereocenters. The van der Waals surface area contributed by atoms with E-state index in [0.717, 1.165) is 4.90 Å². The molecule has 2 N–H and O–H groups in total. The number of carbonyl (C=O) groups is 2.